The van der Waals surface area contributed by atoms with Crippen molar-refractivity contribution in [2.75, 3.05) is 5.32 Å². The molecule has 134 valence electrons. The molecule has 5 nitrogen and oxygen atoms in total. The smallest absolute Gasteiger partial charge is 0.272 e. The molecule has 0 saturated heterocycles. The van der Waals surface area contributed by atoms with Crippen molar-refractivity contribution < 1.29 is 9.59 Å². The average Bonchev–Trinajstić information content (AvgIpc) is 3.16. The summed E-state index contributed by atoms with van der Waals surface area (Å²) in [6.07, 6.45) is 1.65. The van der Waals surface area contributed by atoms with Crippen molar-refractivity contribution >= 4 is 29.8 Å². The van der Waals surface area contributed by atoms with Gasteiger partial charge in [0.15, 0.2) is 5.78 Å². The predicted molar refractivity (Wildman–Crippen MR) is 102 cm³/mol. The second kappa shape index (κ2) is 7.42. The van der Waals surface area contributed by atoms with Crippen LogP contribution in [0.25, 0.3) is 0 Å². The van der Waals surface area contributed by atoms with Crippen LogP contribution in [0.5, 0.6) is 0 Å². The predicted octanol–water partition coefficient (Wildman–Crippen LogP) is 3.58. The number of aryl methyl sites for hydroxylation is 1. The Morgan fingerprint density at radius 1 is 1.28 bits per heavy atom. The Kier molecular flexibility index (Phi) is 5.70. The quantitative estimate of drug-likeness (QED) is 0.711. The summed E-state index contributed by atoms with van der Waals surface area (Å²) >= 11 is 0. The van der Waals surface area contributed by atoms with Crippen molar-refractivity contribution in [3.05, 3.63) is 52.3 Å². The maximum atomic E-state index is 12.6. The molecule has 1 heterocycles. The van der Waals surface area contributed by atoms with Crippen molar-refractivity contribution in [2.24, 2.45) is 5.73 Å². The van der Waals surface area contributed by atoms with Gasteiger partial charge in [-0.25, -0.2) is 0 Å². The standard InChI is InChI=1S/C19H23N3O2.ClH/c1-4-14-17(11(3)23)10(2)21-18(14)19(24)22-13-7-5-12(6-8-13)15-9-16(15)20;/h5-8,15-16,21H,4,9,20H2,1-3H3,(H,22,24);1H/t15-,16+;/m0./s1. The zero-order valence-electron chi connectivity index (χ0n) is 14.7. The van der Waals surface area contributed by atoms with E-state index in [0.717, 1.165) is 23.4 Å². The maximum Gasteiger partial charge on any atom is 0.272 e. The number of anilines is 1. The topological polar surface area (TPSA) is 88.0 Å². The number of carbonyl (C=O) groups excluding carboxylic acids is 2. The molecule has 4 N–H and O–H groups in total. The van der Waals surface area contributed by atoms with Crippen molar-refractivity contribution in [3.63, 3.8) is 0 Å². The van der Waals surface area contributed by atoms with Crippen molar-refractivity contribution in [1.82, 2.24) is 4.98 Å². The lowest BCUT2D eigenvalue weighted by molar-refractivity contribution is 0.101. The van der Waals surface area contributed by atoms with Crippen LogP contribution in [0.3, 0.4) is 0 Å². The number of halogens is 1. The fourth-order valence-electron chi connectivity index (χ4n) is 3.31. The summed E-state index contributed by atoms with van der Waals surface area (Å²) in [5.41, 5.74) is 10.4. The van der Waals surface area contributed by atoms with Crippen LogP contribution in [0.1, 0.15) is 63.9 Å². The first-order chi connectivity index (χ1) is 11.4. The van der Waals surface area contributed by atoms with Crippen LogP contribution in [0.4, 0.5) is 5.69 Å². The lowest BCUT2D eigenvalue weighted by Gasteiger charge is -2.07. The molecule has 25 heavy (non-hydrogen) atoms. The van der Waals surface area contributed by atoms with Crippen LogP contribution in [0.15, 0.2) is 24.3 Å². The van der Waals surface area contributed by atoms with Gasteiger partial charge in [0, 0.05) is 28.9 Å². The monoisotopic (exact) mass is 361 g/mol. The fraction of sp³-hybridized carbons (Fsp3) is 0.368. The number of aromatic amines is 1. The lowest BCUT2D eigenvalue weighted by atomic mass is 10.0. The Morgan fingerprint density at radius 3 is 2.36 bits per heavy atom. The van der Waals surface area contributed by atoms with Gasteiger partial charge in [0.05, 0.1) is 0 Å². The van der Waals surface area contributed by atoms with E-state index in [9.17, 15) is 9.59 Å². The van der Waals surface area contributed by atoms with E-state index >= 15 is 0 Å². The van der Waals surface area contributed by atoms with Crippen LogP contribution < -0.4 is 11.1 Å². The molecule has 1 amide bonds. The van der Waals surface area contributed by atoms with Gasteiger partial charge in [-0.2, -0.15) is 0 Å². The molecule has 1 aliphatic rings. The van der Waals surface area contributed by atoms with Crippen LogP contribution in [0.2, 0.25) is 0 Å². The van der Waals surface area contributed by atoms with Gasteiger partial charge in [0.2, 0.25) is 0 Å². The number of nitrogens with two attached hydrogens (primary N) is 1. The van der Waals surface area contributed by atoms with Crippen LogP contribution in [-0.2, 0) is 6.42 Å². The van der Waals surface area contributed by atoms with Gasteiger partial charge in [0.25, 0.3) is 5.91 Å². The van der Waals surface area contributed by atoms with E-state index in [0.29, 0.717) is 23.6 Å². The van der Waals surface area contributed by atoms with Crippen molar-refractivity contribution in [1.29, 1.82) is 0 Å². The number of aromatic nitrogens is 1. The lowest BCUT2D eigenvalue weighted by Crippen LogP contribution is -2.14. The highest BCUT2D eigenvalue weighted by atomic mass is 35.5. The van der Waals surface area contributed by atoms with Crippen molar-refractivity contribution in [3.8, 4) is 0 Å². The second-order valence-corrected chi connectivity index (χ2v) is 6.47. The molecule has 2 aromatic rings. The summed E-state index contributed by atoms with van der Waals surface area (Å²) in [4.78, 5) is 27.5. The highest BCUT2D eigenvalue weighted by Gasteiger charge is 2.34. The number of carbonyl (C=O) groups is 2. The van der Waals surface area contributed by atoms with E-state index in [1.165, 1.54) is 12.5 Å². The molecule has 3 rings (SSSR count). The highest BCUT2D eigenvalue weighted by Crippen LogP contribution is 2.39. The van der Waals surface area contributed by atoms with Crippen LogP contribution >= 0.6 is 12.4 Å². The molecule has 2 atom stereocenters. The van der Waals surface area contributed by atoms with E-state index in [2.05, 4.69) is 10.3 Å². The second-order valence-electron chi connectivity index (χ2n) is 6.47. The first-order valence-corrected chi connectivity index (χ1v) is 8.31. The SMILES string of the molecule is CCc1c(C(=O)Nc2ccc([C@@H]3C[C@H]3N)cc2)[nH]c(C)c1C(C)=O.Cl. The van der Waals surface area contributed by atoms with E-state index in [1.54, 1.807) is 0 Å². The molecule has 1 fully saturated rings. The van der Waals surface area contributed by atoms with Crippen LogP contribution in [0, 0.1) is 6.92 Å². The maximum absolute atomic E-state index is 12.6. The van der Waals surface area contributed by atoms with Gasteiger partial charge in [0.1, 0.15) is 5.69 Å². The molecule has 0 spiro atoms. The Morgan fingerprint density at radius 2 is 1.88 bits per heavy atom. The molecule has 0 bridgehead atoms. The average molecular weight is 362 g/mol. The van der Waals surface area contributed by atoms with Gasteiger partial charge in [-0.1, -0.05) is 19.1 Å². The summed E-state index contributed by atoms with van der Waals surface area (Å²) in [5.74, 6) is 0.203. The number of amides is 1. The van der Waals surface area contributed by atoms with Gasteiger partial charge < -0.3 is 16.0 Å². The summed E-state index contributed by atoms with van der Waals surface area (Å²) in [6, 6.07) is 8.07. The highest BCUT2D eigenvalue weighted by molar-refractivity contribution is 6.07. The molecule has 1 saturated carbocycles. The normalized spacial score (nSPS) is 18.4. The van der Waals surface area contributed by atoms with Gasteiger partial charge in [-0.15, -0.1) is 12.4 Å². The molecular weight excluding hydrogens is 338 g/mol. The number of benzene rings is 1. The Balaban J connectivity index is 0.00000225. The summed E-state index contributed by atoms with van der Waals surface area (Å²) in [5, 5.41) is 2.90. The zero-order chi connectivity index (χ0) is 17.4. The largest absolute Gasteiger partial charge is 0.354 e. The Hall–Kier alpha value is -2.11. The third kappa shape index (κ3) is 3.78. The number of hydrogen-bond acceptors (Lipinski definition) is 3. The molecule has 1 aromatic heterocycles. The first kappa shape index (κ1) is 19.2. The third-order valence-corrected chi connectivity index (χ3v) is 4.66. The van der Waals surface area contributed by atoms with Crippen LogP contribution in [-0.4, -0.2) is 22.7 Å². The fourth-order valence-corrected chi connectivity index (χ4v) is 3.31. The molecule has 0 unspecified atom stereocenters. The molecular formula is C19H24ClN3O2. The minimum atomic E-state index is -0.224. The number of Topliss-reactive ketones (excluding diaryl/α,β-unsaturated/α-hetero) is 1. The summed E-state index contributed by atoms with van der Waals surface area (Å²) in [6.45, 7) is 5.29. The van der Waals surface area contributed by atoms with Crippen molar-refractivity contribution in [2.45, 2.75) is 45.6 Å². The number of hydrogen-bond donors (Lipinski definition) is 3. The van der Waals surface area contributed by atoms with E-state index < -0.39 is 0 Å². The Bertz CT molecular complexity index is 796. The molecule has 0 radical (unpaired) electrons. The van der Waals surface area contributed by atoms with E-state index in [1.807, 2.05) is 38.1 Å². The number of H-pyrrole nitrogens is 1. The van der Waals surface area contributed by atoms with Gasteiger partial charge in [-0.05, 0) is 49.9 Å². The van der Waals surface area contributed by atoms with E-state index in [-0.39, 0.29) is 30.1 Å². The zero-order valence-corrected chi connectivity index (χ0v) is 15.5. The number of rotatable bonds is 5. The molecule has 0 aliphatic heterocycles. The first-order valence-electron chi connectivity index (χ1n) is 8.31. The van der Waals surface area contributed by atoms with Gasteiger partial charge >= 0.3 is 0 Å². The Labute approximate surface area is 153 Å². The minimum Gasteiger partial charge on any atom is -0.354 e. The minimum absolute atomic E-state index is 0. The number of nitrogens with one attached hydrogen (secondary N) is 2. The third-order valence-electron chi connectivity index (χ3n) is 4.66. The molecule has 1 aliphatic carbocycles. The number of ketones is 1. The summed E-state index contributed by atoms with van der Waals surface area (Å²) < 4.78 is 0. The molecule has 6 heteroatoms. The molecule has 1 aromatic carbocycles. The van der Waals surface area contributed by atoms with Gasteiger partial charge in [-0.3, -0.25) is 9.59 Å². The van der Waals surface area contributed by atoms with E-state index in [4.69, 9.17) is 5.73 Å². The summed E-state index contributed by atoms with van der Waals surface area (Å²) in [7, 11) is 0.